The van der Waals surface area contributed by atoms with E-state index in [1.165, 1.54) is 5.56 Å². The Balaban J connectivity index is 1.94. The van der Waals surface area contributed by atoms with Crippen LogP contribution in [0.25, 0.3) is 11.1 Å². The molecule has 114 valence electrons. The van der Waals surface area contributed by atoms with Crippen molar-refractivity contribution >= 4 is 5.91 Å². The second-order valence-corrected chi connectivity index (χ2v) is 5.82. The van der Waals surface area contributed by atoms with Crippen LogP contribution in [0.15, 0.2) is 42.5 Å². The summed E-state index contributed by atoms with van der Waals surface area (Å²) < 4.78 is 5.51. The van der Waals surface area contributed by atoms with E-state index in [1.807, 2.05) is 17.0 Å². The maximum atomic E-state index is 11.8. The third kappa shape index (κ3) is 2.98. The third-order valence-corrected chi connectivity index (χ3v) is 4.14. The van der Waals surface area contributed by atoms with Crippen LogP contribution < -0.4 is 4.74 Å². The van der Waals surface area contributed by atoms with Gasteiger partial charge in [0.1, 0.15) is 5.75 Å². The Morgan fingerprint density at radius 3 is 2.73 bits per heavy atom. The minimum atomic E-state index is 0.257. The van der Waals surface area contributed by atoms with Crippen LogP contribution in [0.4, 0.5) is 0 Å². The highest BCUT2D eigenvalue weighted by atomic mass is 16.5. The normalized spacial score (nSPS) is 14.5. The molecule has 0 saturated carbocycles. The van der Waals surface area contributed by atoms with E-state index < -0.39 is 0 Å². The van der Waals surface area contributed by atoms with Crippen LogP contribution in [0.1, 0.15) is 24.0 Å². The summed E-state index contributed by atoms with van der Waals surface area (Å²) in [4.78, 5) is 13.7. The predicted octanol–water partition coefficient (Wildman–Crippen LogP) is 3.79. The predicted molar refractivity (Wildman–Crippen MR) is 87.8 cm³/mol. The van der Waals surface area contributed by atoms with Gasteiger partial charge in [0.05, 0.1) is 7.11 Å². The number of aryl methyl sites for hydroxylation is 1. The third-order valence-electron chi connectivity index (χ3n) is 4.14. The molecule has 22 heavy (non-hydrogen) atoms. The van der Waals surface area contributed by atoms with Crippen LogP contribution in [0.3, 0.4) is 0 Å². The zero-order valence-corrected chi connectivity index (χ0v) is 13.1. The molecule has 0 unspecified atom stereocenters. The second-order valence-electron chi connectivity index (χ2n) is 5.82. The summed E-state index contributed by atoms with van der Waals surface area (Å²) in [6.45, 7) is 3.63. The van der Waals surface area contributed by atoms with Crippen molar-refractivity contribution in [3.8, 4) is 16.9 Å². The molecule has 0 N–H and O–H groups in total. The van der Waals surface area contributed by atoms with E-state index in [0.717, 1.165) is 35.4 Å². The topological polar surface area (TPSA) is 29.5 Å². The summed E-state index contributed by atoms with van der Waals surface area (Å²) >= 11 is 0. The first-order valence-electron chi connectivity index (χ1n) is 7.69. The molecule has 1 aliphatic rings. The molecule has 3 nitrogen and oxygen atoms in total. The van der Waals surface area contributed by atoms with E-state index in [9.17, 15) is 4.79 Å². The first-order valence-corrected chi connectivity index (χ1v) is 7.69. The zero-order chi connectivity index (χ0) is 15.5. The monoisotopic (exact) mass is 295 g/mol. The fourth-order valence-electron chi connectivity index (χ4n) is 2.98. The fraction of sp³-hybridized carbons (Fsp3) is 0.316. The molecular weight excluding hydrogens is 274 g/mol. The minimum absolute atomic E-state index is 0.257. The van der Waals surface area contributed by atoms with Gasteiger partial charge in [-0.3, -0.25) is 4.79 Å². The largest absolute Gasteiger partial charge is 0.496 e. The lowest BCUT2D eigenvalue weighted by Crippen LogP contribution is -2.23. The van der Waals surface area contributed by atoms with Gasteiger partial charge in [0.25, 0.3) is 0 Å². The zero-order valence-electron chi connectivity index (χ0n) is 13.1. The van der Waals surface area contributed by atoms with Crippen LogP contribution in [0, 0.1) is 6.92 Å². The van der Waals surface area contributed by atoms with Gasteiger partial charge in [-0.25, -0.2) is 0 Å². The van der Waals surface area contributed by atoms with Crippen molar-refractivity contribution in [2.75, 3.05) is 13.7 Å². The minimum Gasteiger partial charge on any atom is -0.496 e. The average molecular weight is 295 g/mol. The van der Waals surface area contributed by atoms with Gasteiger partial charge in [-0.15, -0.1) is 0 Å². The summed E-state index contributed by atoms with van der Waals surface area (Å²) in [6.07, 6.45) is 1.65. The van der Waals surface area contributed by atoms with E-state index in [1.54, 1.807) is 7.11 Å². The van der Waals surface area contributed by atoms with Gasteiger partial charge in [-0.1, -0.05) is 35.9 Å². The van der Waals surface area contributed by atoms with Crippen molar-refractivity contribution in [2.45, 2.75) is 26.3 Å². The fourth-order valence-corrected chi connectivity index (χ4v) is 2.98. The first-order chi connectivity index (χ1) is 10.7. The lowest BCUT2D eigenvalue weighted by atomic mass is 10.00. The first kappa shape index (κ1) is 14.6. The molecule has 1 aliphatic heterocycles. The van der Waals surface area contributed by atoms with E-state index >= 15 is 0 Å². The van der Waals surface area contributed by atoms with E-state index in [2.05, 4.69) is 37.3 Å². The molecule has 2 aromatic carbocycles. The lowest BCUT2D eigenvalue weighted by molar-refractivity contribution is -0.128. The molecular formula is C19H21NO2. The van der Waals surface area contributed by atoms with Gasteiger partial charge in [-0.2, -0.15) is 0 Å². The van der Waals surface area contributed by atoms with Crippen LogP contribution in [-0.4, -0.2) is 24.5 Å². The summed E-state index contributed by atoms with van der Waals surface area (Å²) in [5, 5.41) is 0. The smallest absolute Gasteiger partial charge is 0.222 e. The van der Waals surface area contributed by atoms with Crippen molar-refractivity contribution in [3.05, 3.63) is 53.6 Å². The molecule has 3 heteroatoms. The van der Waals surface area contributed by atoms with Crippen molar-refractivity contribution in [1.82, 2.24) is 4.90 Å². The molecule has 0 bridgehead atoms. The molecule has 2 aromatic rings. The van der Waals surface area contributed by atoms with Gasteiger partial charge in [0.15, 0.2) is 0 Å². The number of ether oxygens (including phenoxy) is 1. The number of amides is 1. The molecule has 1 fully saturated rings. The maximum Gasteiger partial charge on any atom is 0.222 e. The second kappa shape index (κ2) is 6.22. The number of likely N-dealkylation sites (tertiary alicyclic amines) is 1. The SMILES string of the molecule is COc1ccc(CN2CCCC2=O)cc1-c1cccc(C)c1. The highest BCUT2D eigenvalue weighted by Gasteiger charge is 2.20. The number of carbonyl (C=O) groups excluding carboxylic acids is 1. The van der Waals surface area contributed by atoms with Gasteiger partial charge in [-0.05, 0) is 36.6 Å². The highest BCUT2D eigenvalue weighted by Crippen LogP contribution is 2.32. The summed E-state index contributed by atoms with van der Waals surface area (Å²) in [5.74, 6) is 1.12. The highest BCUT2D eigenvalue weighted by molar-refractivity contribution is 5.78. The van der Waals surface area contributed by atoms with E-state index in [4.69, 9.17) is 4.74 Å². The Morgan fingerprint density at radius 1 is 1.18 bits per heavy atom. The molecule has 1 amide bonds. The molecule has 3 rings (SSSR count). The summed E-state index contributed by atoms with van der Waals surface area (Å²) in [6, 6.07) is 14.6. The molecule has 0 spiro atoms. The number of nitrogens with zero attached hydrogens (tertiary/aromatic N) is 1. The molecule has 0 atom stereocenters. The standard InChI is InChI=1S/C19H21NO2/c1-14-5-3-6-16(11-14)17-12-15(8-9-18(17)22-2)13-20-10-4-7-19(20)21/h3,5-6,8-9,11-12H,4,7,10,13H2,1-2H3. The van der Waals surface area contributed by atoms with Gasteiger partial charge >= 0.3 is 0 Å². The average Bonchev–Trinajstić information content (AvgIpc) is 2.92. The van der Waals surface area contributed by atoms with Gasteiger partial charge < -0.3 is 9.64 Å². The van der Waals surface area contributed by atoms with Gasteiger partial charge in [0.2, 0.25) is 5.91 Å². The Morgan fingerprint density at radius 2 is 2.05 bits per heavy atom. The maximum absolute atomic E-state index is 11.8. The quantitative estimate of drug-likeness (QED) is 0.859. The van der Waals surface area contributed by atoms with Crippen LogP contribution >= 0.6 is 0 Å². The van der Waals surface area contributed by atoms with Crippen molar-refractivity contribution < 1.29 is 9.53 Å². The lowest BCUT2D eigenvalue weighted by Gasteiger charge is -2.17. The Kier molecular flexibility index (Phi) is 4.14. The molecule has 1 heterocycles. The number of benzene rings is 2. The van der Waals surface area contributed by atoms with E-state index in [-0.39, 0.29) is 5.91 Å². The van der Waals surface area contributed by atoms with Crippen molar-refractivity contribution in [1.29, 1.82) is 0 Å². The number of hydrogen-bond acceptors (Lipinski definition) is 2. The molecule has 0 radical (unpaired) electrons. The van der Waals surface area contributed by atoms with E-state index in [0.29, 0.717) is 13.0 Å². The summed E-state index contributed by atoms with van der Waals surface area (Å²) in [5.41, 5.74) is 4.59. The van der Waals surface area contributed by atoms with Crippen LogP contribution in [0.5, 0.6) is 5.75 Å². The van der Waals surface area contributed by atoms with Crippen molar-refractivity contribution in [3.63, 3.8) is 0 Å². The Hall–Kier alpha value is -2.29. The molecule has 1 saturated heterocycles. The summed E-state index contributed by atoms with van der Waals surface area (Å²) in [7, 11) is 1.69. The Bertz CT molecular complexity index is 694. The number of hydrogen-bond donors (Lipinski definition) is 0. The molecule has 0 aliphatic carbocycles. The van der Waals surface area contributed by atoms with Crippen LogP contribution in [-0.2, 0) is 11.3 Å². The number of methoxy groups -OCH3 is 1. The number of rotatable bonds is 4. The van der Waals surface area contributed by atoms with Crippen LogP contribution in [0.2, 0.25) is 0 Å². The van der Waals surface area contributed by atoms with Crippen molar-refractivity contribution in [2.24, 2.45) is 0 Å². The Labute approximate surface area is 131 Å². The molecule has 0 aromatic heterocycles. The van der Waals surface area contributed by atoms with Gasteiger partial charge in [0, 0.05) is 25.1 Å². The number of carbonyl (C=O) groups is 1.